The largest absolute Gasteiger partial charge is 0.0843 e. The lowest BCUT2D eigenvalue weighted by Crippen LogP contribution is -2.45. The third kappa shape index (κ3) is 1.69. The second-order valence-electron chi connectivity index (χ2n) is 5.69. The Labute approximate surface area is 97.6 Å². The van der Waals surface area contributed by atoms with Crippen molar-refractivity contribution in [1.82, 2.24) is 0 Å². The molecule has 1 aliphatic rings. The van der Waals surface area contributed by atoms with E-state index in [0.717, 1.165) is 5.02 Å². The summed E-state index contributed by atoms with van der Waals surface area (Å²) in [6.45, 7) is 7.04. The van der Waals surface area contributed by atoms with Crippen molar-refractivity contribution in [3.63, 3.8) is 0 Å². The molecule has 0 aliphatic heterocycles. The van der Waals surface area contributed by atoms with Gasteiger partial charge in [-0.25, -0.2) is 0 Å². The van der Waals surface area contributed by atoms with Crippen molar-refractivity contribution in [3.05, 3.63) is 34.9 Å². The molecule has 0 amide bonds. The van der Waals surface area contributed by atoms with E-state index in [-0.39, 0.29) is 0 Å². The number of hydrogen-bond acceptors (Lipinski definition) is 0. The van der Waals surface area contributed by atoms with Crippen molar-refractivity contribution in [3.8, 4) is 0 Å². The number of rotatable bonds is 1. The molecule has 1 fully saturated rings. The molecule has 1 aliphatic carbocycles. The molecule has 82 valence electrons. The lowest BCUT2D eigenvalue weighted by atomic mass is 9.52. The van der Waals surface area contributed by atoms with Crippen molar-refractivity contribution in [2.24, 2.45) is 5.41 Å². The van der Waals surface area contributed by atoms with Gasteiger partial charge in [0, 0.05) is 10.4 Å². The maximum atomic E-state index is 5.94. The highest BCUT2D eigenvalue weighted by molar-refractivity contribution is 6.30. The molecule has 0 bridgehead atoms. The van der Waals surface area contributed by atoms with Gasteiger partial charge in [-0.1, -0.05) is 50.9 Å². The van der Waals surface area contributed by atoms with Crippen LogP contribution in [0.15, 0.2) is 24.3 Å². The number of hydrogen-bond donors (Lipinski definition) is 0. The average molecular weight is 223 g/mol. The van der Waals surface area contributed by atoms with Crippen LogP contribution in [0.3, 0.4) is 0 Å². The lowest BCUT2D eigenvalue weighted by Gasteiger charge is -2.52. The molecule has 2 rings (SSSR count). The molecule has 0 N–H and O–H groups in total. The Hall–Kier alpha value is -0.490. The van der Waals surface area contributed by atoms with Crippen molar-refractivity contribution >= 4 is 11.6 Å². The highest BCUT2D eigenvalue weighted by Gasteiger charge is 2.47. The van der Waals surface area contributed by atoms with Gasteiger partial charge >= 0.3 is 0 Å². The Kier molecular flexibility index (Phi) is 2.58. The molecule has 0 unspecified atom stereocenters. The zero-order valence-electron chi connectivity index (χ0n) is 9.81. The van der Waals surface area contributed by atoms with Crippen molar-refractivity contribution in [2.45, 2.75) is 45.4 Å². The minimum absolute atomic E-state index is 0.346. The molecule has 1 heteroatoms. The first-order valence-corrected chi connectivity index (χ1v) is 6.10. The van der Waals surface area contributed by atoms with E-state index in [0.29, 0.717) is 10.8 Å². The van der Waals surface area contributed by atoms with Gasteiger partial charge in [0.1, 0.15) is 0 Å². The molecule has 1 aromatic carbocycles. The zero-order valence-corrected chi connectivity index (χ0v) is 10.6. The molecular weight excluding hydrogens is 204 g/mol. The fourth-order valence-electron chi connectivity index (χ4n) is 2.77. The SMILES string of the molecule is CC(C)(C)C1(c2ccc(Cl)cc2)CCC1. The van der Waals surface area contributed by atoms with Crippen LogP contribution in [0.1, 0.15) is 45.6 Å². The molecule has 0 atom stereocenters. The first-order valence-electron chi connectivity index (χ1n) is 5.72. The van der Waals surface area contributed by atoms with Gasteiger partial charge in [-0.3, -0.25) is 0 Å². The van der Waals surface area contributed by atoms with Gasteiger partial charge in [0.25, 0.3) is 0 Å². The summed E-state index contributed by atoms with van der Waals surface area (Å²) in [4.78, 5) is 0. The van der Waals surface area contributed by atoms with Crippen LogP contribution in [-0.4, -0.2) is 0 Å². The van der Waals surface area contributed by atoms with Gasteiger partial charge in [-0.05, 0) is 36.0 Å². The smallest absolute Gasteiger partial charge is 0.0406 e. The van der Waals surface area contributed by atoms with E-state index in [2.05, 4.69) is 32.9 Å². The Morgan fingerprint density at radius 3 is 1.93 bits per heavy atom. The zero-order chi connectivity index (χ0) is 11.1. The predicted molar refractivity (Wildman–Crippen MR) is 66.4 cm³/mol. The second-order valence-corrected chi connectivity index (χ2v) is 6.13. The normalized spacial score (nSPS) is 19.7. The highest BCUT2D eigenvalue weighted by atomic mass is 35.5. The molecule has 15 heavy (non-hydrogen) atoms. The van der Waals surface area contributed by atoms with Crippen LogP contribution in [0.25, 0.3) is 0 Å². The fraction of sp³-hybridized carbons (Fsp3) is 0.571. The molecule has 0 saturated heterocycles. The Bertz CT molecular complexity index is 339. The van der Waals surface area contributed by atoms with Crippen LogP contribution >= 0.6 is 11.6 Å². The summed E-state index contributed by atoms with van der Waals surface area (Å²) in [6, 6.07) is 8.44. The van der Waals surface area contributed by atoms with E-state index in [4.69, 9.17) is 11.6 Å². The quantitative estimate of drug-likeness (QED) is 0.640. The summed E-state index contributed by atoms with van der Waals surface area (Å²) in [5.74, 6) is 0. The first kappa shape index (κ1) is 11.0. The van der Waals surface area contributed by atoms with Crippen LogP contribution in [-0.2, 0) is 5.41 Å². The predicted octanol–water partition coefficient (Wildman–Crippen LogP) is 4.81. The van der Waals surface area contributed by atoms with E-state index in [1.54, 1.807) is 0 Å². The maximum absolute atomic E-state index is 5.94. The van der Waals surface area contributed by atoms with E-state index < -0.39 is 0 Å². The van der Waals surface area contributed by atoms with Crippen molar-refractivity contribution < 1.29 is 0 Å². The van der Waals surface area contributed by atoms with Gasteiger partial charge in [-0.15, -0.1) is 0 Å². The minimum Gasteiger partial charge on any atom is -0.0843 e. The Morgan fingerprint density at radius 2 is 1.60 bits per heavy atom. The maximum Gasteiger partial charge on any atom is 0.0406 e. The number of halogens is 1. The summed E-state index contributed by atoms with van der Waals surface area (Å²) < 4.78 is 0. The highest BCUT2D eigenvalue weighted by Crippen LogP contribution is 2.55. The molecule has 0 heterocycles. The van der Waals surface area contributed by atoms with Crippen LogP contribution in [0.4, 0.5) is 0 Å². The van der Waals surface area contributed by atoms with E-state index in [1.807, 2.05) is 12.1 Å². The van der Waals surface area contributed by atoms with E-state index in [9.17, 15) is 0 Å². The van der Waals surface area contributed by atoms with Crippen molar-refractivity contribution in [2.75, 3.05) is 0 Å². The van der Waals surface area contributed by atoms with Gasteiger partial charge in [0.15, 0.2) is 0 Å². The summed E-state index contributed by atoms with van der Waals surface area (Å²) in [5, 5.41) is 0.835. The third-order valence-corrected chi connectivity index (χ3v) is 4.29. The Morgan fingerprint density at radius 1 is 1.07 bits per heavy atom. The van der Waals surface area contributed by atoms with E-state index in [1.165, 1.54) is 24.8 Å². The average Bonchev–Trinajstić information content (AvgIpc) is 2.03. The topological polar surface area (TPSA) is 0 Å². The number of benzene rings is 1. The summed E-state index contributed by atoms with van der Waals surface area (Å²) >= 11 is 5.94. The fourth-order valence-corrected chi connectivity index (χ4v) is 2.90. The third-order valence-electron chi connectivity index (χ3n) is 4.04. The lowest BCUT2D eigenvalue weighted by molar-refractivity contribution is 0.0852. The molecule has 0 aromatic heterocycles. The van der Waals surface area contributed by atoms with Crippen LogP contribution in [0.5, 0.6) is 0 Å². The van der Waals surface area contributed by atoms with E-state index >= 15 is 0 Å². The second kappa shape index (κ2) is 3.52. The minimum atomic E-state index is 0.346. The molecule has 0 spiro atoms. The van der Waals surface area contributed by atoms with Gasteiger partial charge in [0.2, 0.25) is 0 Å². The molecule has 0 radical (unpaired) electrons. The molecular formula is C14H19Cl. The molecule has 1 aromatic rings. The monoisotopic (exact) mass is 222 g/mol. The molecule has 1 saturated carbocycles. The molecule has 0 nitrogen and oxygen atoms in total. The van der Waals surface area contributed by atoms with Gasteiger partial charge in [0.05, 0.1) is 0 Å². The summed E-state index contributed by atoms with van der Waals surface area (Å²) in [6.07, 6.45) is 4.00. The summed E-state index contributed by atoms with van der Waals surface area (Å²) in [7, 11) is 0. The van der Waals surface area contributed by atoms with Crippen molar-refractivity contribution in [1.29, 1.82) is 0 Å². The van der Waals surface area contributed by atoms with Crippen LogP contribution in [0.2, 0.25) is 5.02 Å². The Balaban J connectivity index is 2.39. The first-order chi connectivity index (χ1) is 6.96. The summed E-state index contributed by atoms with van der Waals surface area (Å²) in [5.41, 5.74) is 2.20. The van der Waals surface area contributed by atoms with Crippen LogP contribution < -0.4 is 0 Å². The standard InChI is InChI=1S/C14H19Cl/c1-13(2,3)14(9-4-10-14)11-5-7-12(15)8-6-11/h5-8H,4,9-10H2,1-3H3. The van der Waals surface area contributed by atoms with Gasteiger partial charge < -0.3 is 0 Å². The van der Waals surface area contributed by atoms with Gasteiger partial charge in [-0.2, -0.15) is 0 Å². The van der Waals surface area contributed by atoms with Crippen LogP contribution in [0, 0.1) is 5.41 Å².